The van der Waals surface area contributed by atoms with Crippen molar-refractivity contribution in [1.29, 1.82) is 0 Å². The minimum Gasteiger partial charge on any atom is -0.388 e. The van der Waals surface area contributed by atoms with Crippen LogP contribution in [0.2, 0.25) is 5.02 Å². The summed E-state index contributed by atoms with van der Waals surface area (Å²) in [5, 5.41) is 1.22. The van der Waals surface area contributed by atoms with E-state index in [1.807, 2.05) is 0 Å². The van der Waals surface area contributed by atoms with Gasteiger partial charge in [-0.2, -0.15) is 4.37 Å². The zero-order chi connectivity index (χ0) is 8.65. The first-order valence-electron chi connectivity index (χ1n) is 3.34. The van der Waals surface area contributed by atoms with Gasteiger partial charge in [0.15, 0.2) is 0 Å². The summed E-state index contributed by atoms with van der Waals surface area (Å²) in [6, 6.07) is 0. The summed E-state index contributed by atoms with van der Waals surface area (Å²) < 4.78 is 4.17. The summed E-state index contributed by atoms with van der Waals surface area (Å²) in [6.07, 6.45) is 0. The molecule has 0 radical (unpaired) electrons. The fourth-order valence-electron chi connectivity index (χ4n) is 0.758. The summed E-state index contributed by atoms with van der Waals surface area (Å²) in [5.41, 5.74) is 6.44. The average molecular weight is 191 g/mol. The lowest BCUT2D eigenvalue weighted by Crippen LogP contribution is -2.11. The number of nitrogens with two attached hydrogens (primary N) is 1. The quantitative estimate of drug-likeness (QED) is 0.683. The topological polar surface area (TPSA) is 38.9 Å². The van der Waals surface area contributed by atoms with E-state index in [1.165, 1.54) is 11.5 Å². The van der Waals surface area contributed by atoms with Crippen LogP contribution in [0.3, 0.4) is 0 Å². The van der Waals surface area contributed by atoms with E-state index in [-0.39, 0.29) is 5.41 Å². The van der Waals surface area contributed by atoms with Crippen molar-refractivity contribution in [2.45, 2.75) is 26.2 Å². The summed E-state index contributed by atoms with van der Waals surface area (Å²) in [6.45, 7) is 6.19. The molecule has 1 heterocycles. The Bertz CT molecular complexity index is 262. The summed E-state index contributed by atoms with van der Waals surface area (Å²) in [5.74, 6) is 0. The van der Waals surface area contributed by atoms with Gasteiger partial charge in [0.25, 0.3) is 0 Å². The molecular weight excluding hydrogens is 180 g/mol. The van der Waals surface area contributed by atoms with Crippen LogP contribution in [-0.2, 0) is 5.41 Å². The molecule has 0 saturated carbocycles. The Balaban J connectivity index is 3.15. The van der Waals surface area contributed by atoms with Crippen molar-refractivity contribution in [2.75, 3.05) is 5.73 Å². The number of anilines is 1. The van der Waals surface area contributed by atoms with Crippen LogP contribution >= 0.6 is 23.1 Å². The lowest BCUT2D eigenvalue weighted by atomic mass is 9.92. The third-order valence-electron chi connectivity index (χ3n) is 1.37. The maximum Gasteiger partial charge on any atom is 0.126 e. The smallest absolute Gasteiger partial charge is 0.126 e. The number of nitrogens with zero attached hydrogens (tertiary/aromatic N) is 1. The Labute approximate surface area is 75.5 Å². The first-order chi connectivity index (χ1) is 4.93. The molecule has 1 aromatic heterocycles. The second-order valence-electron chi connectivity index (χ2n) is 3.46. The maximum atomic E-state index is 5.92. The van der Waals surface area contributed by atoms with E-state index in [0.29, 0.717) is 10.0 Å². The SMILES string of the molecule is CC(C)(C)c1nsc(N)c1Cl. The second kappa shape index (κ2) is 2.64. The lowest BCUT2D eigenvalue weighted by Gasteiger charge is -2.15. The molecule has 0 atom stereocenters. The molecule has 0 unspecified atom stereocenters. The van der Waals surface area contributed by atoms with Gasteiger partial charge in [0, 0.05) is 5.41 Å². The maximum absolute atomic E-state index is 5.92. The summed E-state index contributed by atoms with van der Waals surface area (Å²) in [7, 11) is 0. The molecule has 1 aromatic rings. The largest absolute Gasteiger partial charge is 0.388 e. The Hall–Kier alpha value is -0.280. The predicted octanol–water partition coefficient (Wildman–Crippen LogP) is 2.68. The van der Waals surface area contributed by atoms with Gasteiger partial charge in [-0.15, -0.1) is 0 Å². The standard InChI is InChI=1S/C7H11ClN2S/c1-7(2,3)5-4(8)6(9)11-10-5/h9H2,1-3H3. The van der Waals surface area contributed by atoms with Crippen LogP contribution < -0.4 is 5.73 Å². The van der Waals surface area contributed by atoms with Gasteiger partial charge in [0.2, 0.25) is 0 Å². The van der Waals surface area contributed by atoms with Crippen LogP contribution in [0, 0.1) is 0 Å². The van der Waals surface area contributed by atoms with E-state index in [4.69, 9.17) is 17.3 Å². The van der Waals surface area contributed by atoms with Crippen LogP contribution in [0.15, 0.2) is 0 Å². The van der Waals surface area contributed by atoms with Crippen molar-refractivity contribution in [1.82, 2.24) is 4.37 Å². The van der Waals surface area contributed by atoms with Gasteiger partial charge in [0.05, 0.1) is 10.7 Å². The van der Waals surface area contributed by atoms with Crippen LogP contribution in [0.5, 0.6) is 0 Å². The highest BCUT2D eigenvalue weighted by atomic mass is 35.5. The van der Waals surface area contributed by atoms with Crippen molar-refractivity contribution >= 4 is 28.1 Å². The van der Waals surface area contributed by atoms with Gasteiger partial charge < -0.3 is 5.73 Å². The molecular formula is C7H11ClN2S. The van der Waals surface area contributed by atoms with Crippen LogP contribution in [0.4, 0.5) is 5.00 Å². The van der Waals surface area contributed by atoms with E-state index in [9.17, 15) is 0 Å². The fraction of sp³-hybridized carbons (Fsp3) is 0.571. The molecule has 4 heteroatoms. The molecule has 0 bridgehead atoms. The Morgan fingerprint density at radius 1 is 1.45 bits per heavy atom. The Morgan fingerprint density at radius 3 is 2.18 bits per heavy atom. The highest BCUT2D eigenvalue weighted by Gasteiger charge is 2.22. The predicted molar refractivity (Wildman–Crippen MR) is 50.2 cm³/mol. The van der Waals surface area contributed by atoms with Gasteiger partial charge in [-0.25, -0.2) is 0 Å². The monoisotopic (exact) mass is 190 g/mol. The first-order valence-corrected chi connectivity index (χ1v) is 4.49. The normalized spacial score (nSPS) is 12.0. The van der Waals surface area contributed by atoms with E-state index in [2.05, 4.69) is 25.1 Å². The van der Waals surface area contributed by atoms with Crippen molar-refractivity contribution in [2.24, 2.45) is 0 Å². The molecule has 1 rings (SSSR count). The number of halogens is 1. The molecule has 0 aliphatic heterocycles. The molecule has 0 saturated heterocycles. The zero-order valence-electron chi connectivity index (χ0n) is 6.81. The third-order valence-corrected chi connectivity index (χ3v) is 2.54. The van der Waals surface area contributed by atoms with Gasteiger partial charge in [-0.05, 0) is 11.5 Å². The van der Waals surface area contributed by atoms with Gasteiger partial charge in [0.1, 0.15) is 5.00 Å². The Kier molecular flexibility index (Phi) is 2.12. The van der Waals surface area contributed by atoms with Gasteiger partial charge >= 0.3 is 0 Å². The number of aromatic nitrogens is 1. The minimum atomic E-state index is -0.00873. The number of rotatable bonds is 0. The molecule has 62 valence electrons. The van der Waals surface area contributed by atoms with E-state index >= 15 is 0 Å². The van der Waals surface area contributed by atoms with Gasteiger partial charge in [-0.3, -0.25) is 0 Å². The molecule has 0 amide bonds. The second-order valence-corrected chi connectivity index (χ2v) is 4.64. The number of hydrogen-bond donors (Lipinski definition) is 1. The molecule has 0 fully saturated rings. The van der Waals surface area contributed by atoms with Crippen molar-refractivity contribution in [3.8, 4) is 0 Å². The summed E-state index contributed by atoms with van der Waals surface area (Å²) >= 11 is 7.17. The van der Waals surface area contributed by atoms with Crippen LogP contribution in [0.1, 0.15) is 26.5 Å². The van der Waals surface area contributed by atoms with E-state index in [0.717, 1.165) is 5.69 Å². The molecule has 2 nitrogen and oxygen atoms in total. The van der Waals surface area contributed by atoms with Crippen molar-refractivity contribution < 1.29 is 0 Å². The molecule has 0 aliphatic rings. The average Bonchev–Trinajstić information content (AvgIpc) is 2.11. The molecule has 0 aliphatic carbocycles. The Morgan fingerprint density at radius 2 is 2.00 bits per heavy atom. The van der Waals surface area contributed by atoms with Crippen LogP contribution in [-0.4, -0.2) is 4.37 Å². The molecule has 11 heavy (non-hydrogen) atoms. The van der Waals surface area contributed by atoms with Gasteiger partial charge in [-0.1, -0.05) is 32.4 Å². The molecule has 0 spiro atoms. The van der Waals surface area contributed by atoms with Crippen LogP contribution in [0.25, 0.3) is 0 Å². The lowest BCUT2D eigenvalue weighted by molar-refractivity contribution is 0.576. The van der Waals surface area contributed by atoms with Crippen molar-refractivity contribution in [3.63, 3.8) is 0 Å². The zero-order valence-corrected chi connectivity index (χ0v) is 8.38. The highest BCUT2D eigenvalue weighted by Crippen LogP contribution is 2.34. The fourth-order valence-corrected chi connectivity index (χ4v) is 1.97. The summed E-state index contributed by atoms with van der Waals surface area (Å²) in [4.78, 5) is 0. The van der Waals surface area contributed by atoms with E-state index < -0.39 is 0 Å². The minimum absolute atomic E-state index is 0.00873. The number of hydrogen-bond acceptors (Lipinski definition) is 3. The van der Waals surface area contributed by atoms with E-state index in [1.54, 1.807) is 0 Å². The third kappa shape index (κ3) is 1.65. The number of nitrogen functional groups attached to an aromatic ring is 1. The highest BCUT2D eigenvalue weighted by molar-refractivity contribution is 7.10. The van der Waals surface area contributed by atoms with Crippen molar-refractivity contribution in [3.05, 3.63) is 10.7 Å². The first kappa shape index (κ1) is 8.81. The molecule has 2 N–H and O–H groups in total. The molecule has 0 aromatic carbocycles.